The van der Waals surface area contributed by atoms with Crippen LogP contribution in [0.5, 0.6) is 0 Å². The summed E-state index contributed by atoms with van der Waals surface area (Å²) in [5.41, 5.74) is 0. The third-order valence-electron chi connectivity index (χ3n) is 4.78. The van der Waals surface area contributed by atoms with E-state index in [1.165, 1.54) is 26.4 Å². The van der Waals surface area contributed by atoms with Crippen LogP contribution in [-0.4, -0.2) is 18.9 Å². The van der Waals surface area contributed by atoms with Crippen molar-refractivity contribution in [2.45, 2.75) is 51.9 Å². The molecule has 3 nitrogen and oxygen atoms in total. The molecule has 0 N–H and O–H groups in total. The molecule has 0 aromatic carbocycles. The fraction of sp³-hybridized carbons (Fsp3) is 0.867. The summed E-state index contributed by atoms with van der Waals surface area (Å²) in [6.45, 7) is 2.08. The maximum Gasteiger partial charge on any atom is 0.316 e. The third-order valence-corrected chi connectivity index (χ3v) is 4.78. The van der Waals surface area contributed by atoms with Crippen LogP contribution in [0.4, 0.5) is 0 Å². The number of esters is 1. The summed E-state index contributed by atoms with van der Waals surface area (Å²) >= 11 is 0. The Morgan fingerprint density at radius 3 is 2.56 bits per heavy atom. The second-order valence-corrected chi connectivity index (χ2v) is 5.90. The smallest absolute Gasteiger partial charge is 0.316 e. The molecule has 18 heavy (non-hydrogen) atoms. The Morgan fingerprint density at radius 2 is 2.06 bits per heavy atom. The normalized spacial score (nSPS) is 31.3. The van der Waals surface area contributed by atoms with Crippen LogP contribution in [0.3, 0.4) is 0 Å². The van der Waals surface area contributed by atoms with Crippen LogP contribution in [0.2, 0.25) is 0 Å². The number of methoxy groups -OCH3 is 1. The first-order valence-corrected chi connectivity index (χ1v) is 7.28. The van der Waals surface area contributed by atoms with Gasteiger partial charge in [0.25, 0.3) is 0 Å². The van der Waals surface area contributed by atoms with Crippen molar-refractivity contribution < 1.29 is 14.3 Å². The zero-order chi connectivity index (χ0) is 13.1. The number of carbonyl (C=O) groups excluding carboxylic acids is 2. The van der Waals surface area contributed by atoms with Gasteiger partial charge in [0, 0.05) is 5.92 Å². The summed E-state index contributed by atoms with van der Waals surface area (Å²) in [6.07, 6.45) is 7.29. The van der Waals surface area contributed by atoms with Gasteiger partial charge < -0.3 is 4.74 Å². The molecule has 2 aliphatic carbocycles. The van der Waals surface area contributed by atoms with Gasteiger partial charge in [-0.25, -0.2) is 0 Å². The molecule has 0 spiro atoms. The predicted molar refractivity (Wildman–Crippen MR) is 69.0 cm³/mol. The molecule has 2 rings (SSSR count). The quantitative estimate of drug-likeness (QED) is 0.539. The second kappa shape index (κ2) is 5.85. The zero-order valence-electron chi connectivity index (χ0n) is 11.5. The van der Waals surface area contributed by atoms with Crippen LogP contribution < -0.4 is 0 Å². The summed E-state index contributed by atoms with van der Waals surface area (Å²) in [6, 6.07) is 0. The number of hydrogen-bond acceptors (Lipinski definition) is 3. The van der Waals surface area contributed by atoms with Crippen LogP contribution in [0, 0.1) is 23.7 Å². The van der Waals surface area contributed by atoms with Gasteiger partial charge in [-0.1, -0.05) is 26.2 Å². The van der Waals surface area contributed by atoms with Gasteiger partial charge in [-0.2, -0.15) is 0 Å². The van der Waals surface area contributed by atoms with Gasteiger partial charge in [0.2, 0.25) is 0 Å². The lowest BCUT2D eigenvalue weighted by Crippen LogP contribution is -2.33. The monoisotopic (exact) mass is 252 g/mol. The maximum atomic E-state index is 12.5. The molecule has 0 aliphatic heterocycles. The molecule has 0 aromatic heterocycles. The third kappa shape index (κ3) is 2.60. The number of ketones is 1. The number of hydrogen-bond donors (Lipinski definition) is 0. The summed E-state index contributed by atoms with van der Waals surface area (Å²) in [7, 11) is 1.38. The van der Waals surface area contributed by atoms with Gasteiger partial charge in [-0.3, -0.25) is 9.59 Å². The fourth-order valence-electron chi connectivity index (χ4n) is 3.78. The lowest BCUT2D eigenvalue weighted by molar-refractivity contribution is -0.151. The van der Waals surface area contributed by atoms with E-state index < -0.39 is 5.92 Å². The van der Waals surface area contributed by atoms with E-state index in [4.69, 9.17) is 4.74 Å². The highest BCUT2D eigenvalue weighted by atomic mass is 16.5. The average Bonchev–Trinajstić information content (AvgIpc) is 3.00. The van der Waals surface area contributed by atoms with Crippen LogP contribution in [-0.2, 0) is 14.3 Å². The predicted octanol–water partition coefficient (Wildman–Crippen LogP) is 2.97. The van der Waals surface area contributed by atoms with E-state index in [2.05, 4.69) is 6.92 Å². The minimum Gasteiger partial charge on any atom is -0.468 e. The van der Waals surface area contributed by atoms with Gasteiger partial charge in [0.15, 0.2) is 0 Å². The van der Waals surface area contributed by atoms with Gasteiger partial charge in [-0.15, -0.1) is 0 Å². The Labute approximate surface area is 109 Å². The minimum atomic E-state index is -0.501. The summed E-state index contributed by atoms with van der Waals surface area (Å²) in [5.74, 6) is 0.785. The van der Waals surface area contributed by atoms with E-state index in [9.17, 15) is 9.59 Å². The molecule has 102 valence electrons. The molecule has 0 aromatic rings. The molecule has 4 unspecified atom stereocenters. The first-order chi connectivity index (χ1) is 8.67. The highest BCUT2D eigenvalue weighted by molar-refractivity contribution is 6.00. The second-order valence-electron chi connectivity index (χ2n) is 5.90. The topological polar surface area (TPSA) is 43.4 Å². The highest BCUT2D eigenvalue weighted by Crippen LogP contribution is 2.49. The number of unbranched alkanes of at least 4 members (excludes halogenated alkanes) is 1. The van der Waals surface area contributed by atoms with Crippen molar-refractivity contribution in [3.05, 3.63) is 0 Å². The molecule has 0 amide bonds. The molecule has 4 atom stereocenters. The van der Waals surface area contributed by atoms with Crippen LogP contribution in [0.15, 0.2) is 0 Å². The summed E-state index contributed by atoms with van der Waals surface area (Å²) in [5, 5.41) is 0. The van der Waals surface area contributed by atoms with Crippen molar-refractivity contribution in [1.82, 2.24) is 0 Å². The number of ether oxygens (including phenoxy) is 1. The van der Waals surface area contributed by atoms with Crippen LogP contribution in [0.25, 0.3) is 0 Å². The number of carbonyl (C=O) groups is 2. The fourth-order valence-corrected chi connectivity index (χ4v) is 3.78. The van der Waals surface area contributed by atoms with Crippen LogP contribution >= 0.6 is 0 Å². The van der Waals surface area contributed by atoms with E-state index >= 15 is 0 Å². The molecule has 0 heterocycles. The van der Waals surface area contributed by atoms with Gasteiger partial charge >= 0.3 is 5.97 Å². The first-order valence-electron chi connectivity index (χ1n) is 7.28. The molecular formula is C15H24O3. The molecular weight excluding hydrogens is 228 g/mol. The minimum absolute atomic E-state index is 0.143. The Bertz CT molecular complexity index is 324. The number of rotatable bonds is 6. The lowest BCUT2D eigenvalue weighted by atomic mass is 9.79. The van der Waals surface area contributed by atoms with E-state index in [-0.39, 0.29) is 17.7 Å². The van der Waals surface area contributed by atoms with Gasteiger partial charge in [0.05, 0.1) is 7.11 Å². The number of fused-ring (bicyclic) bond motifs is 2. The largest absolute Gasteiger partial charge is 0.468 e. The molecule has 3 heteroatoms. The van der Waals surface area contributed by atoms with Gasteiger partial charge in [0.1, 0.15) is 11.7 Å². The van der Waals surface area contributed by atoms with E-state index in [0.29, 0.717) is 12.3 Å². The van der Waals surface area contributed by atoms with Crippen LogP contribution in [0.1, 0.15) is 51.9 Å². The van der Waals surface area contributed by atoms with Crippen molar-refractivity contribution in [3.63, 3.8) is 0 Å². The Kier molecular flexibility index (Phi) is 4.41. The Hall–Kier alpha value is -0.860. The van der Waals surface area contributed by atoms with Crippen molar-refractivity contribution >= 4 is 11.8 Å². The Balaban J connectivity index is 2.01. The standard InChI is InChI=1S/C15H24O3/c1-3-4-5-12(15(17)18-2)14(16)13-9-10-6-7-11(13)8-10/h10-13H,3-9H2,1-2H3. The average molecular weight is 252 g/mol. The number of Topliss-reactive ketones (excluding diaryl/α,β-unsaturated/α-hetero) is 1. The van der Waals surface area contributed by atoms with E-state index in [0.717, 1.165) is 25.2 Å². The zero-order valence-corrected chi connectivity index (χ0v) is 11.5. The van der Waals surface area contributed by atoms with Crippen molar-refractivity contribution in [1.29, 1.82) is 0 Å². The molecule has 0 saturated heterocycles. The molecule has 0 radical (unpaired) electrons. The first kappa shape index (κ1) is 13.6. The summed E-state index contributed by atoms with van der Waals surface area (Å²) < 4.78 is 4.81. The van der Waals surface area contributed by atoms with Crippen molar-refractivity contribution in [2.24, 2.45) is 23.7 Å². The van der Waals surface area contributed by atoms with E-state index in [1.54, 1.807) is 0 Å². The SMILES string of the molecule is CCCCC(C(=O)OC)C(=O)C1CC2CCC1C2. The molecule has 2 bridgehead atoms. The maximum absolute atomic E-state index is 12.5. The van der Waals surface area contributed by atoms with E-state index in [1.807, 2.05) is 0 Å². The molecule has 2 fully saturated rings. The Morgan fingerprint density at radius 1 is 1.28 bits per heavy atom. The van der Waals surface area contributed by atoms with Crippen molar-refractivity contribution in [3.8, 4) is 0 Å². The van der Waals surface area contributed by atoms with Crippen molar-refractivity contribution in [2.75, 3.05) is 7.11 Å². The molecule has 2 saturated carbocycles. The molecule has 2 aliphatic rings. The van der Waals surface area contributed by atoms with Gasteiger partial charge in [-0.05, 0) is 37.5 Å². The summed E-state index contributed by atoms with van der Waals surface area (Å²) in [4.78, 5) is 24.3. The lowest BCUT2D eigenvalue weighted by Gasteiger charge is -2.24. The highest BCUT2D eigenvalue weighted by Gasteiger charge is 2.45.